The molecule has 0 unspecified atom stereocenters. The molecular weight excluding hydrogens is 464 g/mol. The van der Waals surface area contributed by atoms with Crippen molar-refractivity contribution in [2.45, 2.75) is 83.1 Å². The highest BCUT2D eigenvalue weighted by Gasteiger charge is 2.00. The summed E-state index contributed by atoms with van der Waals surface area (Å²) < 4.78 is 0. The first-order chi connectivity index (χ1) is 17.9. The lowest BCUT2D eigenvalue weighted by molar-refractivity contribution is 0.469. The molecule has 0 N–H and O–H groups in total. The molecule has 3 aromatic carbocycles. The van der Waals surface area contributed by atoms with Crippen molar-refractivity contribution < 1.29 is 0 Å². The van der Waals surface area contributed by atoms with Crippen molar-refractivity contribution in [2.75, 3.05) is 0 Å². The quantitative estimate of drug-likeness (QED) is 0.193. The lowest BCUT2D eigenvalue weighted by atomic mass is 10.0. The Morgan fingerprint density at radius 2 is 0.789 bits per heavy atom. The second-order valence-electron chi connectivity index (χ2n) is 11.3. The van der Waals surface area contributed by atoms with Gasteiger partial charge in [0.15, 0.2) is 0 Å². The highest BCUT2D eigenvalue weighted by Crippen LogP contribution is 2.21. The number of fused-ring (bicyclic) bond motifs is 4. The van der Waals surface area contributed by atoms with E-state index < -0.39 is 0 Å². The van der Waals surface area contributed by atoms with Crippen LogP contribution in [0, 0.1) is 10.8 Å². The molecular formula is C34H50N4. The summed E-state index contributed by atoms with van der Waals surface area (Å²) in [4.78, 5) is 16.9. The molecule has 0 bridgehead atoms. The first-order valence-electron chi connectivity index (χ1n) is 13.7. The maximum atomic E-state index is 4.35. The van der Waals surface area contributed by atoms with E-state index >= 15 is 0 Å². The van der Waals surface area contributed by atoms with Gasteiger partial charge < -0.3 is 0 Å². The van der Waals surface area contributed by atoms with Crippen molar-refractivity contribution in [2.24, 2.45) is 10.8 Å². The van der Waals surface area contributed by atoms with Gasteiger partial charge in [-0.3, -0.25) is 19.9 Å². The van der Waals surface area contributed by atoms with Crippen LogP contribution in [0.1, 0.15) is 83.1 Å². The number of hydrogen-bond donors (Lipinski definition) is 0. The molecule has 0 saturated heterocycles. The smallest absolute Gasteiger partial charge is 0.0965 e. The fraction of sp³-hybridized carbons (Fsp3) is 0.412. The highest BCUT2D eigenvalue weighted by atomic mass is 14.8. The third-order valence-corrected chi connectivity index (χ3v) is 3.74. The predicted molar refractivity (Wildman–Crippen MR) is 170 cm³/mol. The van der Waals surface area contributed by atoms with Gasteiger partial charge in [0.2, 0.25) is 0 Å². The van der Waals surface area contributed by atoms with E-state index in [1.807, 2.05) is 70.2 Å². The summed E-state index contributed by atoms with van der Waals surface area (Å²) in [5.41, 5.74) is 4.83. The van der Waals surface area contributed by atoms with Gasteiger partial charge in [-0.15, -0.1) is 0 Å². The van der Waals surface area contributed by atoms with Gasteiger partial charge >= 0.3 is 0 Å². The van der Waals surface area contributed by atoms with Crippen molar-refractivity contribution >= 4 is 32.8 Å². The van der Waals surface area contributed by atoms with Crippen LogP contribution in [0.25, 0.3) is 32.8 Å². The van der Waals surface area contributed by atoms with Gasteiger partial charge in [0.1, 0.15) is 0 Å². The molecule has 4 heteroatoms. The van der Waals surface area contributed by atoms with Crippen LogP contribution >= 0.6 is 0 Å². The molecule has 0 amide bonds. The second-order valence-corrected chi connectivity index (χ2v) is 11.3. The minimum Gasteiger partial charge on any atom is -0.253 e. The third kappa shape index (κ3) is 15.7. The van der Waals surface area contributed by atoms with Gasteiger partial charge in [-0.2, -0.15) is 0 Å². The largest absolute Gasteiger partial charge is 0.253 e. The van der Waals surface area contributed by atoms with Crippen LogP contribution in [0.3, 0.4) is 0 Å². The van der Waals surface area contributed by atoms with Crippen LogP contribution in [-0.2, 0) is 0 Å². The van der Waals surface area contributed by atoms with Crippen molar-refractivity contribution in [3.05, 3.63) is 85.5 Å². The van der Waals surface area contributed by atoms with Crippen molar-refractivity contribution in [3.8, 4) is 0 Å². The molecule has 0 aliphatic carbocycles. The molecule has 0 radical (unpaired) electrons. The second kappa shape index (κ2) is 18.0. The van der Waals surface area contributed by atoms with Crippen molar-refractivity contribution in [1.29, 1.82) is 0 Å². The molecule has 5 aromatic rings. The van der Waals surface area contributed by atoms with E-state index in [0.29, 0.717) is 10.8 Å². The van der Waals surface area contributed by atoms with E-state index in [2.05, 4.69) is 93.5 Å². The molecule has 4 nitrogen and oxygen atoms in total. The SMILES string of the molecule is CC.CC.CC(C)(C)C.CC(C)(C)C.c1ccc2c(c1)ccc1nccnc12.c1ccc2nccnc2c1. The van der Waals surface area contributed by atoms with Crippen LogP contribution in [0.5, 0.6) is 0 Å². The topological polar surface area (TPSA) is 51.6 Å². The Bertz CT molecular complexity index is 1150. The Morgan fingerprint density at radius 3 is 1.26 bits per heavy atom. The first-order valence-corrected chi connectivity index (χ1v) is 13.7. The van der Waals surface area contributed by atoms with Gasteiger partial charge in [0, 0.05) is 30.2 Å². The van der Waals surface area contributed by atoms with E-state index in [-0.39, 0.29) is 0 Å². The fourth-order valence-electron chi connectivity index (χ4n) is 2.61. The number of nitrogens with zero attached hydrogens (tertiary/aromatic N) is 4. The van der Waals surface area contributed by atoms with Crippen LogP contribution in [0.2, 0.25) is 0 Å². The third-order valence-electron chi connectivity index (χ3n) is 3.74. The Kier molecular flexibility index (Phi) is 16.3. The summed E-state index contributed by atoms with van der Waals surface area (Å²) in [6.07, 6.45) is 6.84. The highest BCUT2D eigenvalue weighted by molar-refractivity contribution is 6.03. The number of aromatic nitrogens is 4. The molecule has 0 saturated carbocycles. The molecule has 0 aliphatic rings. The van der Waals surface area contributed by atoms with E-state index in [0.717, 1.165) is 27.5 Å². The van der Waals surface area contributed by atoms with Crippen LogP contribution in [0.4, 0.5) is 0 Å². The summed E-state index contributed by atoms with van der Waals surface area (Å²) in [5, 5.41) is 2.37. The van der Waals surface area contributed by atoms with E-state index in [9.17, 15) is 0 Å². The lowest BCUT2D eigenvalue weighted by Gasteiger charge is -2.05. The van der Waals surface area contributed by atoms with Crippen molar-refractivity contribution in [3.63, 3.8) is 0 Å². The van der Waals surface area contributed by atoms with Crippen LogP contribution < -0.4 is 0 Å². The number of rotatable bonds is 0. The Balaban J connectivity index is 0.000000502. The average molecular weight is 515 g/mol. The molecule has 2 aromatic heterocycles. The summed E-state index contributed by atoms with van der Waals surface area (Å²) >= 11 is 0. The molecule has 38 heavy (non-hydrogen) atoms. The zero-order valence-corrected chi connectivity index (χ0v) is 25.9. The average Bonchev–Trinajstić information content (AvgIpc) is 2.89. The molecule has 0 fully saturated rings. The minimum atomic E-state index is 0.500. The summed E-state index contributed by atoms with van der Waals surface area (Å²) in [5.74, 6) is 0. The zero-order chi connectivity index (χ0) is 29.2. The number of para-hydroxylation sites is 2. The van der Waals surface area contributed by atoms with E-state index in [1.165, 1.54) is 5.39 Å². The summed E-state index contributed by atoms with van der Waals surface area (Å²) in [6.45, 7) is 25.5. The first kappa shape index (κ1) is 34.6. The summed E-state index contributed by atoms with van der Waals surface area (Å²) in [6, 6.07) is 20.1. The van der Waals surface area contributed by atoms with Gasteiger partial charge in [0.25, 0.3) is 0 Å². The fourth-order valence-corrected chi connectivity index (χ4v) is 2.61. The Hall–Kier alpha value is -3.40. The monoisotopic (exact) mass is 514 g/mol. The van der Waals surface area contributed by atoms with Crippen LogP contribution in [-0.4, -0.2) is 19.9 Å². The Labute approximate surface area is 232 Å². The summed E-state index contributed by atoms with van der Waals surface area (Å²) in [7, 11) is 0. The maximum absolute atomic E-state index is 4.35. The maximum Gasteiger partial charge on any atom is 0.0965 e. The van der Waals surface area contributed by atoms with Crippen molar-refractivity contribution in [1.82, 2.24) is 19.9 Å². The number of benzene rings is 3. The standard InChI is InChI=1S/C12H8N2.C8H6N2.2C5H12.2C2H6/c1-2-4-10-9(3-1)5-6-11-12(10)14-8-7-13-11;1-2-4-8-7(3-1)9-5-6-10-8;2*1-5(2,3)4;2*1-2/h1-8H;1-6H;2*1-4H3;2*1-2H3. The molecule has 0 aliphatic heterocycles. The van der Waals surface area contributed by atoms with Crippen LogP contribution in [0.15, 0.2) is 85.5 Å². The van der Waals surface area contributed by atoms with E-state index in [4.69, 9.17) is 0 Å². The molecule has 2 heterocycles. The molecule has 0 spiro atoms. The zero-order valence-electron chi connectivity index (χ0n) is 25.9. The van der Waals surface area contributed by atoms with Gasteiger partial charge in [-0.1, -0.05) is 126 Å². The normalized spacial score (nSPS) is 10.1. The molecule has 5 rings (SSSR count). The molecule has 0 atom stereocenters. The van der Waals surface area contributed by atoms with Gasteiger partial charge in [0.05, 0.1) is 22.1 Å². The van der Waals surface area contributed by atoms with Gasteiger partial charge in [-0.25, -0.2) is 0 Å². The van der Waals surface area contributed by atoms with Gasteiger partial charge in [-0.05, 0) is 34.4 Å². The predicted octanol–water partition coefficient (Wildman–Crippen LogP) is 10.6. The van der Waals surface area contributed by atoms with E-state index in [1.54, 1.807) is 24.8 Å². The lowest BCUT2D eigenvalue weighted by Crippen LogP contribution is -1.93. The minimum absolute atomic E-state index is 0.500. The number of hydrogen-bond acceptors (Lipinski definition) is 4. The Morgan fingerprint density at radius 1 is 0.421 bits per heavy atom. The molecule has 206 valence electrons.